The van der Waals surface area contributed by atoms with E-state index in [2.05, 4.69) is 12.6 Å². The molecule has 5 rings (SSSR count). The zero-order chi connectivity index (χ0) is 34.4. The molecule has 0 aliphatic carbocycles. The van der Waals surface area contributed by atoms with Crippen LogP contribution < -0.4 is 0 Å². The Bertz CT molecular complexity index is 1840. The van der Waals surface area contributed by atoms with Gasteiger partial charge in [-0.3, -0.25) is 0 Å². The maximum absolute atomic E-state index is 13.5. The minimum Gasteiger partial charge on any atom is -0.459 e. The zero-order valence-corrected chi connectivity index (χ0v) is 28.4. The van der Waals surface area contributed by atoms with Crippen LogP contribution in [-0.2, 0) is 23.7 Å². The summed E-state index contributed by atoms with van der Waals surface area (Å²) in [5, 5.41) is 1.08. The van der Waals surface area contributed by atoms with Gasteiger partial charge in [-0.05, 0) is 72.8 Å². The SMILES string of the molecule is O=C(OC[C@H]1O[C@@H](S)[C@H](OC(=O)c2cccc(Cl)c2)[C@@H](OC(=O)c2cccc(Cl)c2)[C@@H]1OC(=O)c1cccc(Cl)c1)c1cccc(Cl)c1. The predicted molar refractivity (Wildman–Crippen MR) is 181 cm³/mol. The van der Waals surface area contributed by atoms with Gasteiger partial charge in [0, 0.05) is 20.1 Å². The summed E-state index contributed by atoms with van der Waals surface area (Å²) in [5.41, 5.74) is -0.953. The third-order valence-corrected chi connectivity index (χ3v) is 8.31. The van der Waals surface area contributed by atoms with Crippen LogP contribution in [0.4, 0.5) is 0 Å². The summed E-state index contributed by atoms with van der Waals surface area (Å²) in [4.78, 5) is 53.2. The van der Waals surface area contributed by atoms with E-state index in [-0.39, 0.29) is 37.3 Å². The summed E-state index contributed by atoms with van der Waals surface area (Å²) >= 11 is 28.8. The van der Waals surface area contributed by atoms with Gasteiger partial charge in [0.1, 0.15) is 18.1 Å². The van der Waals surface area contributed by atoms with Gasteiger partial charge < -0.3 is 23.7 Å². The summed E-state index contributed by atoms with van der Waals surface area (Å²) in [6, 6.07) is 23.9. The largest absolute Gasteiger partial charge is 0.459 e. The lowest BCUT2D eigenvalue weighted by atomic mass is 9.98. The van der Waals surface area contributed by atoms with Gasteiger partial charge in [-0.25, -0.2) is 19.2 Å². The Kier molecular flexibility index (Phi) is 11.9. The van der Waals surface area contributed by atoms with Crippen LogP contribution in [0.15, 0.2) is 97.1 Å². The number of halogens is 4. The number of hydrogen-bond acceptors (Lipinski definition) is 10. The standard InChI is InChI=1S/C34H24Cl4O9S/c35-22-9-1-5-18(13-22)30(39)43-17-26-27(45-31(40)19-6-2-10-23(36)14-19)28(46-32(41)20-7-3-11-24(37)15-20)29(34(48)44-26)47-33(42)21-8-4-12-25(38)16-21/h1-16,26-29,34,48H,17H2/t26-,27-,28+,29-,34+/m1/s1. The summed E-state index contributed by atoms with van der Waals surface area (Å²) in [5.74, 6) is -3.41. The molecule has 4 aromatic carbocycles. The van der Waals surface area contributed by atoms with E-state index in [4.69, 9.17) is 70.1 Å². The molecule has 1 aliphatic heterocycles. The van der Waals surface area contributed by atoms with E-state index < -0.39 is 60.3 Å². The number of benzene rings is 4. The quantitative estimate of drug-likeness (QED) is 0.104. The fraction of sp³-hybridized carbons (Fsp3) is 0.176. The highest BCUT2D eigenvalue weighted by atomic mass is 35.5. The molecular formula is C34H24Cl4O9S. The molecule has 1 heterocycles. The maximum Gasteiger partial charge on any atom is 0.338 e. The average Bonchev–Trinajstić information content (AvgIpc) is 3.06. The van der Waals surface area contributed by atoms with Crippen molar-refractivity contribution in [3.63, 3.8) is 0 Å². The van der Waals surface area contributed by atoms with Crippen molar-refractivity contribution in [1.29, 1.82) is 0 Å². The highest BCUT2D eigenvalue weighted by molar-refractivity contribution is 7.80. The molecule has 4 aromatic rings. The van der Waals surface area contributed by atoms with Crippen molar-refractivity contribution in [3.8, 4) is 0 Å². The summed E-state index contributed by atoms with van der Waals surface area (Å²) in [7, 11) is 0. The molecule has 0 spiro atoms. The number of ether oxygens (including phenoxy) is 5. The van der Waals surface area contributed by atoms with E-state index in [1.807, 2.05) is 0 Å². The molecule has 0 bridgehead atoms. The molecule has 0 saturated carbocycles. The Labute approximate surface area is 300 Å². The van der Waals surface area contributed by atoms with Gasteiger partial charge >= 0.3 is 23.9 Å². The monoisotopic (exact) mass is 748 g/mol. The van der Waals surface area contributed by atoms with Gasteiger partial charge in [0.15, 0.2) is 18.3 Å². The van der Waals surface area contributed by atoms with Crippen LogP contribution in [0, 0.1) is 0 Å². The van der Waals surface area contributed by atoms with Crippen molar-refractivity contribution in [3.05, 3.63) is 139 Å². The van der Waals surface area contributed by atoms with Crippen molar-refractivity contribution in [1.82, 2.24) is 0 Å². The molecule has 0 N–H and O–H groups in total. The zero-order valence-electron chi connectivity index (χ0n) is 24.5. The van der Waals surface area contributed by atoms with Gasteiger partial charge in [0.05, 0.1) is 22.3 Å². The smallest absolute Gasteiger partial charge is 0.338 e. The number of carbonyl (C=O) groups excluding carboxylic acids is 4. The third-order valence-electron chi connectivity index (χ3n) is 6.96. The van der Waals surface area contributed by atoms with Crippen LogP contribution >= 0.6 is 59.0 Å². The van der Waals surface area contributed by atoms with Crippen LogP contribution in [0.3, 0.4) is 0 Å². The van der Waals surface area contributed by atoms with E-state index >= 15 is 0 Å². The van der Waals surface area contributed by atoms with E-state index in [9.17, 15) is 19.2 Å². The molecule has 1 fully saturated rings. The van der Waals surface area contributed by atoms with Crippen molar-refractivity contribution in [2.45, 2.75) is 29.9 Å². The molecule has 0 amide bonds. The molecule has 0 aromatic heterocycles. The summed E-state index contributed by atoms with van der Waals surface area (Å²) in [6.45, 7) is -0.504. The molecule has 9 nitrogen and oxygen atoms in total. The Morgan fingerprint density at radius 3 is 1.29 bits per heavy atom. The molecular weight excluding hydrogens is 726 g/mol. The Balaban J connectivity index is 1.51. The van der Waals surface area contributed by atoms with E-state index in [1.165, 1.54) is 60.7 Å². The Hall–Kier alpha value is -3.77. The lowest BCUT2D eigenvalue weighted by Crippen LogP contribution is -2.61. The normalized spacial score (nSPS) is 20.3. The van der Waals surface area contributed by atoms with Crippen molar-refractivity contribution < 1.29 is 42.9 Å². The number of hydrogen-bond donors (Lipinski definition) is 1. The first-order valence-electron chi connectivity index (χ1n) is 14.1. The van der Waals surface area contributed by atoms with Crippen LogP contribution in [0.25, 0.3) is 0 Å². The van der Waals surface area contributed by atoms with Crippen molar-refractivity contribution in [2.75, 3.05) is 6.61 Å². The minimum absolute atomic E-state index is 0.0495. The van der Waals surface area contributed by atoms with Gasteiger partial charge in [-0.2, -0.15) is 0 Å². The second-order valence-corrected chi connectivity index (χ2v) is 12.6. The second-order valence-electron chi connectivity index (χ2n) is 10.3. The average molecular weight is 750 g/mol. The first-order chi connectivity index (χ1) is 23.0. The summed E-state index contributed by atoms with van der Waals surface area (Å²) < 4.78 is 29.1. The van der Waals surface area contributed by atoms with Crippen LogP contribution in [-0.4, -0.2) is 60.3 Å². The van der Waals surface area contributed by atoms with E-state index in [1.54, 1.807) is 36.4 Å². The fourth-order valence-electron chi connectivity index (χ4n) is 4.71. The molecule has 5 atom stereocenters. The lowest BCUT2D eigenvalue weighted by Gasteiger charge is -2.43. The number of rotatable bonds is 9. The van der Waals surface area contributed by atoms with E-state index in [0.29, 0.717) is 5.02 Å². The molecule has 0 radical (unpaired) electrons. The number of thiol groups is 1. The first-order valence-corrected chi connectivity index (χ1v) is 16.2. The molecule has 1 saturated heterocycles. The third kappa shape index (κ3) is 9.02. The molecule has 14 heteroatoms. The predicted octanol–water partition coefficient (Wildman–Crippen LogP) is 7.79. The van der Waals surface area contributed by atoms with E-state index in [0.717, 1.165) is 0 Å². The Morgan fingerprint density at radius 1 is 0.542 bits per heavy atom. The van der Waals surface area contributed by atoms with Gasteiger partial charge in [0.25, 0.3) is 0 Å². The van der Waals surface area contributed by atoms with Gasteiger partial charge in [0.2, 0.25) is 0 Å². The van der Waals surface area contributed by atoms with Crippen LogP contribution in [0.1, 0.15) is 41.4 Å². The molecule has 1 aliphatic rings. The first kappa shape index (κ1) is 35.5. The topological polar surface area (TPSA) is 114 Å². The van der Waals surface area contributed by atoms with Crippen molar-refractivity contribution in [2.24, 2.45) is 0 Å². The number of carbonyl (C=O) groups is 4. The van der Waals surface area contributed by atoms with Gasteiger partial charge in [-0.1, -0.05) is 70.7 Å². The number of esters is 4. The Morgan fingerprint density at radius 2 is 0.896 bits per heavy atom. The molecule has 0 unspecified atom stereocenters. The van der Waals surface area contributed by atoms with Crippen molar-refractivity contribution >= 4 is 82.9 Å². The van der Waals surface area contributed by atoms with Crippen LogP contribution in [0.5, 0.6) is 0 Å². The lowest BCUT2D eigenvalue weighted by molar-refractivity contribution is -0.206. The maximum atomic E-state index is 13.5. The highest BCUT2D eigenvalue weighted by Gasteiger charge is 2.52. The minimum atomic E-state index is -1.55. The van der Waals surface area contributed by atoms with Gasteiger partial charge in [-0.15, -0.1) is 12.6 Å². The fourth-order valence-corrected chi connectivity index (χ4v) is 5.86. The second kappa shape index (κ2) is 16.1. The molecule has 48 heavy (non-hydrogen) atoms. The summed E-state index contributed by atoms with van der Waals surface area (Å²) in [6.07, 6.45) is -5.81. The highest BCUT2D eigenvalue weighted by Crippen LogP contribution is 2.33. The van der Waals surface area contributed by atoms with Crippen LogP contribution in [0.2, 0.25) is 20.1 Å². The molecule has 248 valence electrons.